The highest BCUT2D eigenvalue weighted by Gasteiger charge is 2.04. The second-order valence-electron chi connectivity index (χ2n) is 5.86. The number of benzene rings is 1. The monoisotopic (exact) mass is 400 g/mol. The highest BCUT2D eigenvalue weighted by atomic mass is 127. The van der Waals surface area contributed by atoms with Gasteiger partial charge in [-0.05, 0) is 41.1 Å². The van der Waals surface area contributed by atoms with Gasteiger partial charge in [0.1, 0.15) is 0 Å². The molecule has 0 bridgehead atoms. The van der Waals surface area contributed by atoms with E-state index in [1.54, 1.807) is 0 Å². The first kappa shape index (κ1) is 18.7. The van der Waals surface area contributed by atoms with E-state index in [0.717, 1.165) is 12.0 Å². The molecule has 0 saturated carbocycles. The number of rotatable bonds is 12. The lowest BCUT2D eigenvalue weighted by Crippen LogP contribution is -1.98. The van der Waals surface area contributed by atoms with Crippen molar-refractivity contribution in [3.8, 4) is 0 Å². The van der Waals surface area contributed by atoms with E-state index in [9.17, 15) is 4.79 Å². The summed E-state index contributed by atoms with van der Waals surface area (Å²) in [7, 11) is 0. The Morgan fingerprint density at radius 1 is 0.810 bits per heavy atom. The number of ketones is 1. The fourth-order valence-corrected chi connectivity index (χ4v) is 2.91. The van der Waals surface area contributed by atoms with Crippen molar-refractivity contribution in [1.29, 1.82) is 0 Å². The van der Waals surface area contributed by atoms with Crippen LogP contribution in [0.2, 0.25) is 0 Å². The van der Waals surface area contributed by atoms with Crippen LogP contribution in [0.25, 0.3) is 0 Å². The molecule has 2 heteroatoms. The van der Waals surface area contributed by atoms with Crippen molar-refractivity contribution in [2.75, 3.05) is 0 Å². The summed E-state index contributed by atoms with van der Waals surface area (Å²) >= 11 is 2.27. The Hall–Kier alpha value is -0.380. The number of Topliss-reactive ketones (excluding diaryl/α,β-unsaturated/α-hetero) is 1. The molecule has 0 fully saturated rings. The van der Waals surface area contributed by atoms with E-state index in [1.807, 2.05) is 24.3 Å². The van der Waals surface area contributed by atoms with Gasteiger partial charge in [0.25, 0.3) is 0 Å². The summed E-state index contributed by atoms with van der Waals surface area (Å²) in [5, 5.41) is 0. The zero-order valence-corrected chi connectivity index (χ0v) is 15.5. The van der Waals surface area contributed by atoms with Crippen LogP contribution in [-0.4, -0.2) is 5.78 Å². The molecule has 0 radical (unpaired) electrons. The van der Waals surface area contributed by atoms with Crippen LogP contribution in [0, 0.1) is 3.57 Å². The van der Waals surface area contributed by atoms with Crippen LogP contribution in [0.5, 0.6) is 0 Å². The van der Waals surface area contributed by atoms with Crippen LogP contribution < -0.4 is 0 Å². The Labute approximate surface area is 144 Å². The van der Waals surface area contributed by atoms with Gasteiger partial charge in [-0.15, -0.1) is 0 Å². The summed E-state index contributed by atoms with van der Waals surface area (Å²) in [6.45, 7) is 2.26. The average Bonchev–Trinajstić information content (AvgIpc) is 2.49. The molecule has 0 aliphatic rings. The van der Waals surface area contributed by atoms with Crippen molar-refractivity contribution < 1.29 is 4.79 Å². The summed E-state index contributed by atoms with van der Waals surface area (Å²) in [4.78, 5) is 12.0. The molecule has 0 heterocycles. The van der Waals surface area contributed by atoms with E-state index >= 15 is 0 Å². The summed E-state index contributed by atoms with van der Waals surface area (Å²) in [6.07, 6.45) is 13.9. The number of hydrogen-bond donors (Lipinski definition) is 0. The van der Waals surface area contributed by atoms with Crippen molar-refractivity contribution in [3.63, 3.8) is 0 Å². The summed E-state index contributed by atoms with van der Waals surface area (Å²) in [5.41, 5.74) is 0.867. The van der Waals surface area contributed by atoms with Crippen LogP contribution in [0.15, 0.2) is 24.3 Å². The van der Waals surface area contributed by atoms with Crippen molar-refractivity contribution in [2.45, 2.75) is 77.6 Å². The predicted molar refractivity (Wildman–Crippen MR) is 100.0 cm³/mol. The highest BCUT2D eigenvalue weighted by molar-refractivity contribution is 14.1. The first-order valence-electron chi connectivity index (χ1n) is 8.53. The SMILES string of the molecule is CCCCCCCCCCCCC(=O)c1ccc(I)cc1. The molecule has 0 unspecified atom stereocenters. The molecule has 0 spiro atoms. The molecular formula is C19H29IO. The van der Waals surface area contributed by atoms with Gasteiger partial charge < -0.3 is 0 Å². The summed E-state index contributed by atoms with van der Waals surface area (Å²) in [6, 6.07) is 7.90. The zero-order chi connectivity index (χ0) is 15.3. The average molecular weight is 400 g/mol. The molecular weight excluding hydrogens is 371 g/mol. The number of hydrogen-bond acceptors (Lipinski definition) is 1. The van der Waals surface area contributed by atoms with Crippen LogP contribution in [0.4, 0.5) is 0 Å². The van der Waals surface area contributed by atoms with Gasteiger partial charge in [0.05, 0.1) is 0 Å². The fourth-order valence-electron chi connectivity index (χ4n) is 2.55. The molecule has 21 heavy (non-hydrogen) atoms. The largest absolute Gasteiger partial charge is 0.294 e. The second-order valence-corrected chi connectivity index (χ2v) is 7.11. The maximum absolute atomic E-state index is 12.0. The van der Waals surface area contributed by atoms with E-state index in [2.05, 4.69) is 29.5 Å². The van der Waals surface area contributed by atoms with E-state index < -0.39 is 0 Å². The number of unbranched alkanes of at least 4 members (excludes halogenated alkanes) is 9. The minimum Gasteiger partial charge on any atom is -0.294 e. The molecule has 0 aromatic heterocycles. The topological polar surface area (TPSA) is 17.1 Å². The Kier molecular flexibility index (Phi) is 10.8. The van der Waals surface area contributed by atoms with Crippen molar-refractivity contribution in [2.24, 2.45) is 0 Å². The lowest BCUT2D eigenvalue weighted by Gasteiger charge is -2.03. The maximum Gasteiger partial charge on any atom is 0.162 e. The number of carbonyl (C=O) groups excluding carboxylic acids is 1. The minimum atomic E-state index is 0.297. The van der Waals surface area contributed by atoms with Crippen molar-refractivity contribution >= 4 is 28.4 Å². The van der Waals surface area contributed by atoms with Gasteiger partial charge in [0.15, 0.2) is 5.78 Å². The second kappa shape index (κ2) is 12.2. The van der Waals surface area contributed by atoms with E-state index in [0.29, 0.717) is 12.2 Å². The molecule has 0 N–H and O–H groups in total. The first-order chi connectivity index (χ1) is 10.2. The van der Waals surface area contributed by atoms with E-state index in [4.69, 9.17) is 0 Å². The quantitative estimate of drug-likeness (QED) is 0.215. The summed E-state index contributed by atoms with van der Waals surface area (Å²) in [5.74, 6) is 0.297. The summed E-state index contributed by atoms with van der Waals surface area (Å²) < 4.78 is 1.18. The van der Waals surface area contributed by atoms with Gasteiger partial charge in [-0.1, -0.05) is 76.8 Å². The fraction of sp³-hybridized carbons (Fsp3) is 0.632. The lowest BCUT2D eigenvalue weighted by atomic mass is 10.0. The Balaban J connectivity index is 1.96. The molecule has 0 amide bonds. The maximum atomic E-state index is 12.0. The predicted octanol–water partition coefficient (Wildman–Crippen LogP) is 6.78. The van der Waals surface area contributed by atoms with Gasteiger partial charge in [-0.25, -0.2) is 0 Å². The zero-order valence-electron chi connectivity index (χ0n) is 13.4. The third kappa shape index (κ3) is 9.28. The molecule has 118 valence electrons. The van der Waals surface area contributed by atoms with Gasteiger partial charge in [-0.2, -0.15) is 0 Å². The Bertz CT molecular complexity index is 383. The first-order valence-corrected chi connectivity index (χ1v) is 9.60. The van der Waals surface area contributed by atoms with Crippen LogP contribution in [-0.2, 0) is 0 Å². The number of carbonyl (C=O) groups is 1. The van der Waals surface area contributed by atoms with Gasteiger partial charge in [0, 0.05) is 15.6 Å². The standard InChI is InChI=1S/C19H29IO/c1-2-3-4-5-6-7-8-9-10-11-12-19(21)17-13-15-18(20)16-14-17/h13-16H,2-12H2,1H3. The van der Waals surface area contributed by atoms with Gasteiger partial charge >= 0.3 is 0 Å². The molecule has 0 aliphatic heterocycles. The third-order valence-electron chi connectivity index (χ3n) is 3.92. The Morgan fingerprint density at radius 3 is 1.81 bits per heavy atom. The normalized spacial score (nSPS) is 10.8. The Morgan fingerprint density at radius 2 is 1.29 bits per heavy atom. The van der Waals surface area contributed by atoms with Gasteiger partial charge in [0.2, 0.25) is 0 Å². The lowest BCUT2D eigenvalue weighted by molar-refractivity contribution is 0.0979. The molecule has 0 saturated heterocycles. The molecule has 1 aromatic carbocycles. The molecule has 1 nitrogen and oxygen atoms in total. The van der Waals surface area contributed by atoms with E-state index in [1.165, 1.54) is 61.4 Å². The van der Waals surface area contributed by atoms with Crippen LogP contribution in [0.1, 0.15) is 87.9 Å². The van der Waals surface area contributed by atoms with Crippen molar-refractivity contribution in [1.82, 2.24) is 0 Å². The van der Waals surface area contributed by atoms with E-state index in [-0.39, 0.29) is 0 Å². The smallest absolute Gasteiger partial charge is 0.162 e. The van der Waals surface area contributed by atoms with Crippen molar-refractivity contribution in [3.05, 3.63) is 33.4 Å². The highest BCUT2D eigenvalue weighted by Crippen LogP contribution is 2.14. The number of halogens is 1. The third-order valence-corrected chi connectivity index (χ3v) is 4.64. The molecule has 0 aliphatic carbocycles. The molecule has 1 rings (SSSR count). The molecule has 0 atom stereocenters. The van der Waals surface area contributed by atoms with Crippen LogP contribution in [0.3, 0.4) is 0 Å². The minimum absolute atomic E-state index is 0.297. The van der Waals surface area contributed by atoms with Gasteiger partial charge in [-0.3, -0.25) is 4.79 Å². The van der Waals surface area contributed by atoms with Crippen LogP contribution >= 0.6 is 22.6 Å². The molecule has 1 aromatic rings.